The van der Waals surface area contributed by atoms with Crippen LogP contribution in [0.3, 0.4) is 0 Å². The molecule has 1 amide bonds. The van der Waals surface area contributed by atoms with E-state index in [1.807, 2.05) is 59.7 Å². The van der Waals surface area contributed by atoms with Crippen LogP contribution in [-0.2, 0) is 11.3 Å². The number of para-hydroxylation sites is 2. The molecule has 1 aromatic carbocycles. The van der Waals surface area contributed by atoms with Crippen LogP contribution in [0, 0.1) is 6.92 Å². The molecule has 0 saturated heterocycles. The van der Waals surface area contributed by atoms with Gasteiger partial charge in [0.05, 0.1) is 16.6 Å². The number of aryl methyl sites for hydroxylation is 2. The fourth-order valence-electron chi connectivity index (χ4n) is 3.07. The first-order valence-electron chi connectivity index (χ1n) is 10.4. The molecule has 9 heteroatoms. The number of hydrogen-bond donors (Lipinski definition) is 3. The second-order valence-electron chi connectivity index (χ2n) is 9.02. The minimum atomic E-state index is -0.524. The second kappa shape index (κ2) is 11.5. The fraction of sp³-hybridized carbons (Fsp3) is 0.591. The van der Waals surface area contributed by atoms with Gasteiger partial charge in [-0.25, -0.2) is 9.78 Å². The monoisotopic (exact) mass is 544 g/mol. The molecular weight excluding hydrogens is 507 g/mol. The van der Waals surface area contributed by atoms with E-state index in [4.69, 9.17) is 4.74 Å². The van der Waals surface area contributed by atoms with E-state index in [9.17, 15) is 4.79 Å². The molecule has 0 aliphatic rings. The van der Waals surface area contributed by atoms with Crippen LogP contribution < -0.4 is 16.0 Å². The minimum Gasteiger partial charge on any atom is -0.444 e. The average molecular weight is 544 g/mol. The summed E-state index contributed by atoms with van der Waals surface area (Å²) in [5, 5.41) is 9.47. The SMILES string of the molecule is CN=C(NCCCn1c(C)nc2ccccc21)NCC(C)(C)NC(=O)OC(C)(C)C.I. The number of aromatic nitrogens is 2. The van der Waals surface area contributed by atoms with Gasteiger partial charge >= 0.3 is 6.09 Å². The van der Waals surface area contributed by atoms with Gasteiger partial charge < -0.3 is 25.3 Å². The Bertz CT molecular complexity index is 886. The molecule has 1 aromatic heterocycles. The second-order valence-corrected chi connectivity index (χ2v) is 9.02. The molecule has 2 rings (SSSR count). The summed E-state index contributed by atoms with van der Waals surface area (Å²) in [4.78, 5) is 20.9. The van der Waals surface area contributed by atoms with Crippen LogP contribution in [0.15, 0.2) is 29.3 Å². The lowest BCUT2D eigenvalue weighted by atomic mass is 10.1. The number of benzene rings is 1. The maximum Gasteiger partial charge on any atom is 0.408 e. The van der Waals surface area contributed by atoms with Crippen molar-refractivity contribution in [1.82, 2.24) is 25.5 Å². The Morgan fingerprint density at radius 3 is 2.48 bits per heavy atom. The lowest BCUT2D eigenvalue weighted by Crippen LogP contribution is -2.54. The third kappa shape index (κ3) is 8.92. The number of alkyl carbamates (subject to hydrolysis) is 1. The highest BCUT2D eigenvalue weighted by molar-refractivity contribution is 14.0. The molecule has 2 aromatic rings. The molecule has 1 heterocycles. The highest BCUT2D eigenvalue weighted by atomic mass is 127. The molecule has 174 valence electrons. The van der Waals surface area contributed by atoms with E-state index in [0.29, 0.717) is 12.5 Å². The van der Waals surface area contributed by atoms with Crippen molar-refractivity contribution in [3.8, 4) is 0 Å². The van der Waals surface area contributed by atoms with Crippen LogP contribution in [0.2, 0.25) is 0 Å². The normalized spacial score (nSPS) is 12.3. The maximum atomic E-state index is 12.0. The molecule has 0 aliphatic heterocycles. The number of nitrogens with one attached hydrogen (secondary N) is 3. The summed E-state index contributed by atoms with van der Waals surface area (Å²) in [6, 6.07) is 8.19. The zero-order valence-electron chi connectivity index (χ0n) is 19.7. The number of amides is 1. The largest absolute Gasteiger partial charge is 0.444 e. The topological polar surface area (TPSA) is 92.6 Å². The van der Waals surface area contributed by atoms with Crippen LogP contribution in [0.1, 0.15) is 46.9 Å². The summed E-state index contributed by atoms with van der Waals surface area (Å²) in [7, 11) is 1.73. The Hall–Kier alpha value is -2.04. The van der Waals surface area contributed by atoms with E-state index < -0.39 is 17.2 Å². The quantitative estimate of drug-likeness (QED) is 0.213. The van der Waals surface area contributed by atoms with Crippen molar-refractivity contribution in [3.63, 3.8) is 0 Å². The van der Waals surface area contributed by atoms with E-state index in [1.54, 1.807) is 7.05 Å². The molecular formula is C22H37IN6O2. The number of rotatable bonds is 7. The van der Waals surface area contributed by atoms with E-state index in [0.717, 1.165) is 36.4 Å². The van der Waals surface area contributed by atoms with Crippen LogP contribution in [0.5, 0.6) is 0 Å². The molecule has 0 atom stereocenters. The first-order valence-corrected chi connectivity index (χ1v) is 10.4. The lowest BCUT2D eigenvalue weighted by molar-refractivity contribution is 0.0474. The van der Waals surface area contributed by atoms with Crippen LogP contribution >= 0.6 is 24.0 Å². The van der Waals surface area contributed by atoms with Gasteiger partial charge in [-0.05, 0) is 60.1 Å². The zero-order chi connectivity index (χ0) is 22.4. The van der Waals surface area contributed by atoms with Gasteiger partial charge in [0.25, 0.3) is 0 Å². The van der Waals surface area contributed by atoms with E-state index in [1.165, 1.54) is 0 Å². The van der Waals surface area contributed by atoms with Crippen molar-refractivity contribution >= 4 is 47.1 Å². The van der Waals surface area contributed by atoms with Crippen LogP contribution in [0.25, 0.3) is 11.0 Å². The van der Waals surface area contributed by atoms with Crippen LogP contribution in [-0.4, -0.2) is 52.9 Å². The van der Waals surface area contributed by atoms with Crippen molar-refractivity contribution in [1.29, 1.82) is 0 Å². The number of aliphatic imine (C=N–C) groups is 1. The average Bonchev–Trinajstić information content (AvgIpc) is 2.94. The highest BCUT2D eigenvalue weighted by Gasteiger charge is 2.24. The van der Waals surface area contributed by atoms with Gasteiger partial charge in [0, 0.05) is 26.7 Å². The van der Waals surface area contributed by atoms with E-state index >= 15 is 0 Å². The molecule has 0 spiro atoms. The molecule has 8 nitrogen and oxygen atoms in total. The number of ether oxygens (including phenoxy) is 1. The Morgan fingerprint density at radius 2 is 1.84 bits per heavy atom. The molecule has 0 saturated carbocycles. The summed E-state index contributed by atoms with van der Waals surface area (Å²) >= 11 is 0. The van der Waals surface area contributed by atoms with Crippen molar-refractivity contribution in [2.75, 3.05) is 20.1 Å². The summed E-state index contributed by atoms with van der Waals surface area (Å²) < 4.78 is 7.57. The maximum absolute atomic E-state index is 12.0. The number of imidazole rings is 1. The Morgan fingerprint density at radius 1 is 1.16 bits per heavy atom. The Kier molecular flexibility index (Phi) is 10.1. The fourth-order valence-corrected chi connectivity index (χ4v) is 3.07. The van der Waals surface area contributed by atoms with Gasteiger partial charge in [0.1, 0.15) is 11.4 Å². The van der Waals surface area contributed by atoms with Gasteiger partial charge in [-0.1, -0.05) is 12.1 Å². The van der Waals surface area contributed by atoms with E-state index in [-0.39, 0.29) is 24.0 Å². The summed E-state index contributed by atoms with van der Waals surface area (Å²) in [6.45, 7) is 13.6. The van der Waals surface area contributed by atoms with Crippen molar-refractivity contribution < 1.29 is 9.53 Å². The first kappa shape index (κ1) is 27.0. The predicted octanol–water partition coefficient (Wildman–Crippen LogP) is 3.82. The molecule has 31 heavy (non-hydrogen) atoms. The van der Waals surface area contributed by atoms with Gasteiger partial charge in [-0.15, -0.1) is 24.0 Å². The van der Waals surface area contributed by atoms with Gasteiger partial charge in [-0.3, -0.25) is 4.99 Å². The zero-order valence-corrected chi connectivity index (χ0v) is 22.0. The lowest BCUT2D eigenvalue weighted by Gasteiger charge is -2.29. The van der Waals surface area contributed by atoms with Crippen LogP contribution in [0.4, 0.5) is 4.79 Å². The summed E-state index contributed by atoms with van der Waals surface area (Å²) in [6.07, 6.45) is 0.502. The Balaban J connectivity index is 0.00000480. The third-order valence-corrected chi connectivity index (χ3v) is 4.46. The van der Waals surface area contributed by atoms with Gasteiger partial charge in [-0.2, -0.15) is 0 Å². The van der Waals surface area contributed by atoms with Crippen molar-refractivity contribution in [2.24, 2.45) is 4.99 Å². The Labute approximate surface area is 202 Å². The number of carbonyl (C=O) groups is 1. The van der Waals surface area contributed by atoms with Gasteiger partial charge in [0.2, 0.25) is 0 Å². The first-order chi connectivity index (χ1) is 14.0. The molecule has 0 fully saturated rings. The molecule has 0 aliphatic carbocycles. The standard InChI is InChI=1S/C22H36N6O2.HI/c1-16-26-17-11-8-9-12-18(17)28(16)14-10-13-24-19(23-7)25-15-22(5,6)27-20(29)30-21(2,3)4;/h8-9,11-12H,10,13-15H2,1-7H3,(H,27,29)(H2,23,24,25);1H. The summed E-state index contributed by atoms with van der Waals surface area (Å²) in [5.41, 5.74) is 1.17. The molecule has 3 N–H and O–H groups in total. The number of fused-ring (bicyclic) bond motifs is 1. The smallest absolute Gasteiger partial charge is 0.408 e. The predicted molar refractivity (Wildman–Crippen MR) is 137 cm³/mol. The number of nitrogens with zero attached hydrogens (tertiary/aromatic N) is 3. The van der Waals surface area contributed by atoms with Crippen molar-refractivity contribution in [3.05, 3.63) is 30.1 Å². The number of halogens is 1. The highest BCUT2D eigenvalue weighted by Crippen LogP contribution is 2.15. The number of carbonyl (C=O) groups excluding carboxylic acids is 1. The van der Waals surface area contributed by atoms with Crippen molar-refractivity contribution in [2.45, 2.75) is 65.6 Å². The minimum absolute atomic E-state index is 0. The molecule has 0 radical (unpaired) electrons. The summed E-state index contributed by atoms with van der Waals surface area (Å²) in [5.74, 6) is 1.72. The molecule has 0 unspecified atom stereocenters. The van der Waals surface area contributed by atoms with Gasteiger partial charge in [0.15, 0.2) is 5.96 Å². The number of guanidine groups is 1. The number of hydrogen-bond acceptors (Lipinski definition) is 4. The third-order valence-electron chi connectivity index (χ3n) is 4.46. The van der Waals surface area contributed by atoms with E-state index in [2.05, 4.69) is 36.6 Å². The molecule has 0 bridgehead atoms.